The fourth-order valence-corrected chi connectivity index (χ4v) is 2.52. The van der Waals surface area contributed by atoms with E-state index in [1.165, 1.54) is 6.07 Å². The quantitative estimate of drug-likeness (QED) is 0.745. The van der Waals surface area contributed by atoms with Crippen LogP contribution in [0.1, 0.15) is 11.4 Å². The zero-order chi connectivity index (χ0) is 14.8. The van der Waals surface area contributed by atoms with Crippen LogP contribution in [0, 0.1) is 0 Å². The Morgan fingerprint density at radius 1 is 1.19 bits per heavy atom. The molecule has 4 nitrogen and oxygen atoms in total. The van der Waals surface area contributed by atoms with Crippen molar-refractivity contribution in [2.24, 2.45) is 0 Å². The largest absolute Gasteiger partial charge is 0.507 e. The van der Waals surface area contributed by atoms with Crippen LogP contribution < -0.4 is 0 Å². The van der Waals surface area contributed by atoms with E-state index in [1.807, 2.05) is 24.3 Å². The molecule has 106 valence electrons. The number of hydrogen-bond acceptors (Lipinski definition) is 4. The maximum Gasteiger partial charge on any atom is 0.261 e. The summed E-state index contributed by atoms with van der Waals surface area (Å²) in [7, 11) is 0. The van der Waals surface area contributed by atoms with Crippen LogP contribution in [0.15, 0.2) is 51.5 Å². The highest BCUT2D eigenvalue weighted by atomic mass is 79.9. The summed E-state index contributed by atoms with van der Waals surface area (Å²) < 4.78 is 6.19. The summed E-state index contributed by atoms with van der Waals surface area (Å²) in [5.74, 6) is 0.837. The fraction of sp³-hybridized carbons (Fsp3) is 0.0667. The van der Waals surface area contributed by atoms with Gasteiger partial charge in [-0.05, 0) is 29.8 Å². The summed E-state index contributed by atoms with van der Waals surface area (Å²) in [6.07, 6.45) is 0.534. The molecule has 0 fully saturated rings. The number of nitrogens with zero attached hydrogens (tertiary/aromatic N) is 2. The van der Waals surface area contributed by atoms with Gasteiger partial charge in [0.25, 0.3) is 5.89 Å². The number of benzene rings is 2. The molecular formula is C15H10BrClN2O2. The Labute approximate surface area is 134 Å². The molecule has 0 aliphatic rings. The average molecular weight is 366 g/mol. The minimum atomic E-state index is 0.0514. The van der Waals surface area contributed by atoms with E-state index in [9.17, 15) is 5.11 Å². The van der Waals surface area contributed by atoms with E-state index < -0.39 is 0 Å². The second kappa shape index (κ2) is 5.87. The molecule has 0 radical (unpaired) electrons. The molecule has 2 aromatic carbocycles. The molecule has 1 heterocycles. The summed E-state index contributed by atoms with van der Waals surface area (Å²) in [4.78, 5) is 4.30. The Morgan fingerprint density at radius 2 is 2.00 bits per heavy atom. The van der Waals surface area contributed by atoms with Crippen LogP contribution in [0.2, 0.25) is 5.02 Å². The maximum absolute atomic E-state index is 9.84. The summed E-state index contributed by atoms with van der Waals surface area (Å²) >= 11 is 9.40. The van der Waals surface area contributed by atoms with Gasteiger partial charge in [-0.2, -0.15) is 4.98 Å². The second-order valence-electron chi connectivity index (χ2n) is 4.45. The fourth-order valence-electron chi connectivity index (χ4n) is 1.93. The molecule has 1 N–H and O–H groups in total. The van der Waals surface area contributed by atoms with Gasteiger partial charge in [0.15, 0.2) is 5.82 Å². The van der Waals surface area contributed by atoms with E-state index in [0.29, 0.717) is 22.8 Å². The zero-order valence-electron chi connectivity index (χ0n) is 10.8. The first kappa shape index (κ1) is 14.1. The van der Waals surface area contributed by atoms with Crippen LogP contribution in [-0.4, -0.2) is 15.2 Å². The van der Waals surface area contributed by atoms with Crippen molar-refractivity contribution in [3.63, 3.8) is 0 Å². The minimum Gasteiger partial charge on any atom is -0.507 e. The van der Waals surface area contributed by atoms with Gasteiger partial charge in [-0.15, -0.1) is 0 Å². The van der Waals surface area contributed by atoms with Gasteiger partial charge in [0.1, 0.15) is 5.75 Å². The van der Waals surface area contributed by atoms with Crippen molar-refractivity contribution in [3.8, 4) is 17.2 Å². The van der Waals surface area contributed by atoms with Gasteiger partial charge in [0, 0.05) is 15.9 Å². The SMILES string of the molecule is Oc1ccc(Cl)cc1-c1nc(Cc2ccccc2Br)no1. The number of halogens is 2. The van der Waals surface area contributed by atoms with E-state index in [1.54, 1.807) is 12.1 Å². The lowest BCUT2D eigenvalue weighted by Gasteiger charge is -2.00. The highest BCUT2D eigenvalue weighted by Crippen LogP contribution is 2.30. The van der Waals surface area contributed by atoms with Crippen LogP contribution in [0.5, 0.6) is 5.75 Å². The van der Waals surface area contributed by atoms with Crippen molar-refractivity contribution in [2.45, 2.75) is 6.42 Å². The van der Waals surface area contributed by atoms with Crippen molar-refractivity contribution >= 4 is 27.5 Å². The van der Waals surface area contributed by atoms with Crippen molar-refractivity contribution in [1.29, 1.82) is 0 Å². The molecule has 6 heteroatoms. The van der Waals surface area contributed by atoms with Gasteiger partial charge in [-0.1, -0.05) is 50.9 Å². The number of hydrogen-bond donors (Lipinski definition) is 1. The third kappa shape index (κ3) is 3.09. The molecule has 0 unspecified atom stereocenters. The third-order valence-corrected chi connectivity index (χ3v) is 3.97. The van der Waals surface area contributed by atoms with Gasteiger partial charge in [0.2, 0.25) is 0 Å². The Kier molecular flexibility index (Phi) is 3.94. The predicted molar refractivity (Wildman–Crippen MR) is 83.4 cm³/mol. The molecule has 0 aliphatic heterocycles. The molecular weight excluding hydrogens is 356 g/mol. The molecule has 0 spiro atoms. The smallest absolute Gasteiger partial charge is 0.261 e. The predicted octanol–water partition coefficient (Wildman–Crippen LogP) is 4.45. The van der Waals surface area contributed by atoms with Crippen LogP contribution in [-0.2, 0) is 6.42 Å². The van der Waals surface area contributed by atoms with Gasteiger partial charge in [-0.25, -0.2) is 0 Å². The number of phenols is 1. The normalized spacial score (nSPS) is 10.8. The van der Waals surface area contributed by atoms with E-state index in [2.05, 4.69) is 26.1 Å². The summed E-state index contributed by atoms with van der Waals surface area (Å²) in [6, 6.07) is 12.5. The monoisotopic (exact) mass is 364 g/mol. The highest BCUT2D eigenvalue weighted by molar-refractivity contribution is 9.10. The maximum atomic E-state index is 9.84. The molecule has 21 heavy (non-hydrogen) atoms. The first-order valence-electron chi connectivity index (χ1n) is 6.18. The first-order valence-corrected chi connectivity index (χ1v) is 7.35. The summed E-state index contributed by atoms with van der Waals surface area (Å²) in [6.45, 7) is 0. The molecule has 1 aromatic heterocycles. The third-order valence-electron chi connectivity index (χ3n) is 2.96. The molecule has 0 saturated carbocycles. The highest BCUT2D eigenvalue weighted by Gasteiger charge is 2.14. The van der Waals surface area contributed by atoms with Crippen LogP contribution in [0.4, 0.5) is 0 Å². The number of aromatic nitrogens is 2. The zero-order valence-corrected chi connectivity index (χ0v) is 13.1. The van der Waals surface area contributed by atoms with Gasteiger partial charge >= 0.3 is 0 Å². The van der Waals surface area contributed by atoms with Crippen LogP contribution in [0.25, 0.3) is 11.5 Å². The molecule has 0 saturated heterocycles. The van der Waals surface area contributed by atoms with Gasteiger partial charge in [0.05, 0.1) is 5.56 Å². The summed E-state index contributed by atoms with van der Waals surface area (Å²) in [5.41, 5.74) is 1.48. The number of rotatable bonds is 3. The average Bonchev–Trinajstić information content (AvgIpc) is 2.92. The Bertz CT molecular complexity index is 789. The number of aromatic hydroxyl groups is 1. The lowest BCUT2D eigenvalue weighted by atomic mass is 10.1. The Hall–Kier alpha value is -1.85. The Morgan fingerprint density at radius 3 is 2.81 bits per heavy atom. The molecule has 0 aliphatic carbocycles. The van der Waals surface area contributed by atoms with Gasteiger partial charge < -0.3 is 9.63 Å². The summed E-state index contributed by atoms with van der Waals surface area (Å²) in [5, 5.41) is 14.3. The standard InChI is InChI=1S/C15H10BrClN2O2/c16-12-4-2-1-3-9(12)7-14-18-15(21-19-14)11-8-10(17)5-6-13(11)20/h1-6,8,20H,7H2. The molecule has 0 atom stereocenters. The molecule has 0 bridgehead atoms. The van der Waals surface area contributed by atoms with Crippen molar-refractivity contribution in [3.05, 3.63) is 63.3 Å². The lowest BCUT2D eigenvalue weighted by molar-refractivity contribution is 0.418. The van der Waals surface area contributed by atoms with Crippen LogP contribution in [0.3, 0.4) is 0 Å². The minimum absolute atomic E-state index is 0.0514. The van der Waals surface area contributed by atoms with Crippen LogP contribution >= 0.6 is 27.5 Å². The topological polar surface area (TPSA) is 59.2 Å². The number of phenolic OH excluding ortho intramolecular Hbond substituents is 1. The Balaban J connectivity index is 1.90. The van der Waals surface area contributed by atoms with Crippen molar-refractivity contribution in [1.82, 2.24) is 10.1 Å². The van der Waals surface area contributed by atoms with Crippen molar-refractivity contribution in [2.75, 3.05) is 0 Å². The second-order valence-corrected chi connectivity index (χ2v) is 5.74. The van der Waals surface area contributed by atoms with E-state index in [0.717, 1.165) is 10.0 Å². The van der Waals surface area contributed by atoms with E-state index in [4.69, 9.17) is 16.1 Å². The van der Waals surface area contributed by atoms with Crippen molar-refractivity contribution < 1.29 is 9.63 Å². The van der Waals surface area contributed by atoms with E-state index >= 15 is 0 Å². The first-order chi connectivity index (χ1) is 10.1. The molecule has 3 rings (SSSR count). The molecule has 0 amide bonds. The van der Waals surface area contributed by atoms with E-state index in [-0.39, 0.29) is 11.6 Å². The lowest BCUT2D eigenvalue weighted by Crippen LogP contribution is -1.91. The molecule has 3 aromatic rings. The van der Waals surface area contributed by atoms with Gasteiger partial charge in [-0.3, -0.25) is 0 Å².